The lowest BCUT2D eigenvalue weighted by molar-refractivity contribution is 0.258. The zero-order valence-corrected chi connectivity index (χ0v) is 20.5. The van der Waals surface area contributed by atoms with Crippen LogP contribution in [0.4, 0.5) is 0 Å². The van der Waals surface area contributed by atoms with Gasteiger partial charge in [0.05, 0.1) is 7.11 Å². The minimum absolute atomic E-state index is 0. The Balaban J connectivity index is 0.00000225. The van der Waals surface area contributed by atoms with Gasteiger partial charge in [0.2, 0.25) is 0 Å². The zero-order chi connectivity index (χ0) is 19.9. The highest BCUT2D eigenvalue weighted by Gasteiger charge is 2.22. The first kappa shape index (κ1) is 27.2. The minimum Gasteiger partial charge on any atom is -0.493 e. The van der Waals surface area contributed by atoms with E-state index in [1.807, 2.05) is 24.3 Å². The molecular formula is C22H30Cl4N2O2. The molecule has 1 unspecified atom stereocenters. The highest BCUT2D eigenvalue weighted by atomic mass is 35.5. The predicted octanol–water partition coefficient (Wildman–Crippen LogP) is 6.00. The summed E-state index contributed by atoms with van der Waals surface area (Å²) in [6.45, 7) is 6.62. The molecule has 1 aliphatic heterocycles. The SMILES string of the molecule is CCN1CCCC1CNCc1cccc(OC)c1OCc1ccc(Cl)cc1Cl.Cl.Cl. The monoisotopic (exact) mass is 494 g/mol. The molecule has 4 nitrogen and oxygen atoms in total. The molecule has 2 aromatic carbocycles. The first-order chi connectivity index (χ1) is 13.6. The van der Waals surface area contributed by atoms with Gasteiger partial charge in [-0.1, -0.05) is 48.3 Å². The number of benzene rings is 2. The highest BCUT2D eigenvalue weighted by molar-refractivity contribution is 6.35. The van der Waals surface area contributed by atoms with Gasteiger partial charge in [0.1, 0.15) is 6.61 Å². The maximum atomic E-state index is 6.28. The molecule has 1 atom stereocenters. The Morgan fingerprint density at radius 1 is 1.13 bits per heavy atom. The van der Waals surface area contributed by atoms with Crippen LogP contribution in [0.1, 0.15) is 30.9 Å². The Hall–Kier alpha value is -0.880. The Bertz CT molecular complexity index is 792. The van der Waals surface area contributed by atoms with Gasteiger partial charge < -0.3 is 14.8 Å². The molecule has 0 saturated carbocycles. The molecule has 0 bridgehead atoms. The second-order valence-electron chi connectivity index (χ2n) is 7.03. The van der Waals surface area contributed by atoms with Crippen molar-refractivity contribution in [2.24, 2.45) is 0 Å². The van der Waals surface area contributed by atoms with Crippen molar-refractivity contribution in [1.29, 1.82) is 0 Å². The zero-order valence-electron chi connectivity index (χ0n) is 17.3. The number of nitrogens with zero attached hydrogens (tertiary/aromatic N) is 1. The van der Waals surface area contributed by atoms with Gasteiger partial charge >= 0.3 is 0 Å². The van der Waals surface area contributed by atoms with E-state index in [0.29, 0.717) is 22.7 Å². The molecule has 3 rings (SSSR count). The van der Waals surface area contributed by atoms with E-state index in [0.717, 1.165) is 42.3 Å². The van der Waals surface area contributed by atoms with Gasteiger partial charge in [0.25, 0.3) is 0 Å². The van der Waals surface area contributed by atoms with Crippen LogP contribution in [0.3, 0.4) is 0 Å². The molecule has 8 heteroatoms. The average molecular weight is 496 g/mol. The lowest BCUT2D eigenvalue weighted by atomic mass is 10.1. The van der Waals surface area contributed by atoms with Crippen molar-refractivity contribution in [3.05, 3.63) is 57.6 Å². The summed E-state index contributed by atoms with van der Waals surface area (Å²) in [5.74, 6) is 1.47. The Kier molecular flexibility index (Phi) is 12.2. The summed E-state index contributed by atoms with van der Waals surface area (Å²) in [6.07, 6.45) is 2.55. The van der Waals surface area contributed by atoms with E-state index in [4.69, 9.17) is 32.7 Å². The number of likely N-dealkylation sites (N-methyl/N-ethyl adjacent to an activating group) is 1. The molecule has 0 spiro atoms. The third-order valence-corrected chi connectivity index (χ3v) is 5.86. The Morgan fingerprint density at radius 3 is 2.63 bits per heavy atom. The summed E-state index contributed by atoms with van der Waals surface area (Å²) in [5, 5.41) is 4.81. The van der Waals surface area contributed by atoms with Crippen LogP contribution >= 0.6 is 48.0 Å². The topological polar surface area (TPSA) is 33.7 Å². The van der Waals surface area contributed by atoms with Crippen LogP contribution in [-0.2, 0) is 13.2 Å². The van der Waals surface area contributed by atoms with Crippen LogP contribution in [0.5, 0.6) is 11.5 Å². The standard InChI is InChI=1S/C22H28Cl2N2O2.2ClH/c1-3-26-11-5-7-19(26)14-25-13-16-6-4-8-21(27-2)22(16)28-15-17-9-10-18(23)12-20(17)24;;/h4,6,8-10,12,19,25H,3,5,7,11,13-15H2,1-2H3;2*1H. The summed E-state index contributed by atoms with van der Waals surface area (Å²) in [4.78, 5) is 2.54. The number of hydrogen-bond donors (Lipinski definition) is 1. The fraction of sp³-hybridized carbons (Fsp3) is 0.455. The van der Waals surface area contributed by atoms with Crippen molar-refractivity contribution in [2.75, 3.05) is 26.7 Å². The lowest BCUT2D eigenvalue weighted by Gasteiger charge is -2.23. The quantitative estimate of drug-likeness (QED) is 0.462. The molecular weight excluding hydrogens is 466 g/mol. The van der Waals surface area contributed by atoms with E-state index in [-0.39, 0.29) is 24.8 Å². The van der Waals surface area contributed by atoms with Crippen LogP contribution < -0.4 is 14.8 Å². The van der Waals surface area contributed by atoms with Crippen LogP contribution in [0.25, 0.3) is 0 Å². The van der Waals surface area contributed by atoms with Crippen LogP contribution in [-0.4, -0.2) is 37.7 Å². The minimum atomic E-state index is 0. The number of nitrogens with one attached hydrogen (secondary N) is 1. The van der Waals surface area contributed by atoms with E-state index in [1.54, 1.807) is 13.2 Å². The Labute approximate surface area is 202 Å². The largest absolute Gasteiger partial charge is 0.493 e. The molecule has 0 aliphatic carbocycles. The summed E-state index contributed by atoms with van der Waals surface area (Å²) in [5.41, 5.74) is 1.96. The third kappa shape index (κ3) is 7.08. The van der Waals surface area contributed by atoms with Crippen molar-refractivity contribution in [2.45, 2.75) is 39.0 Å². The molecule has 1 saturated heterocycles. The maximum absolute atomic E-state index is 6.28. The molecule has 0 aromatic heterocycles. The fourth-order valence-electron chi connectivity index (χ4n) is 3.73. The number of hydrogen-bond acceptors (Lipinski definition) is 4. The number of likely N-dealkylation sites (tertiary alicyclic amines) is 1. The van der Waals surface area contributed by atoms with E-state index < -0.39 is 0 Å². The number of ether oxygens (including phenoxy) is 2. The number of halogens is 4. The van der Waals surface area contributed by atoms with Gasteiger partial charge in [-0.05, 0) is 44.1 Å². The van der Waals surface area contributed by atoms with Gasteiger partial charge in [-0.3, -0.25) is 4.90 Å². The summed E-state index contributed by atoms with van der Waals surface area (Å²) in [6, 6.07) is 12.0. The van der Waals surface area contributed by atoms with Crippen molar-refractivity contribution in [1.82, 2.24) is 10.2 Å². The van der Waals surface area contributed by atoms with E-state index >= 15 is 0 Å². The van der Waals surface area contributed by atoms with Gasteiger partial charge in [0, 0.05) is 40.3 Å². The number of rotatable bonds is 9. The van der Waals surface area contributed by atoms with Crippen molar-refractivity contribution in [3.63, 3.8) is 0 Å². The smallest absolute Gasteiger partial charge is 0.166 e. The molecule has 168 valence electrons. The number of para-hydroxylation sites is 1. The molecule has 1 N–H and O–H groups in total. The predicted molar refractivity (Wildman–Crippen MR) is 130 cm³/mol. The van der Waals surface area contributed by atoms with E-state index in [1.165, 1.54) is 19.4 Å². The van der Waals surface area contributed by atoms with Crippen molar-refractivity contribution >= 4 is 48.0 Å². The molecule has 1 heterocycles. The van der Waals surface area contributed by atoms with Crippen molar-refractivity contribution < 1.29 is 9.47 Å². The second-order valence-corrected chi connectivity index (χ2v) is 7.87. The molecule has 1 aliphatic rings. The third-order valence-electron chi connectivity index (χ3n) is 5.27. The lowest BCUT2D eigenvalue weighted by Crippen LogP contribution is -2.37. The first-order valence-electron chi connectivity index (χ1n) is 9.79. The van der Waals surface area contributed by atoms with Gasteiger partial charge in [0.15, 0.2) is 11.5 Å². The molecule has 0 amide bonds. The fourth-order valence-corrected chi connectivity index (χ4v) is 4.19. The van der Waals surface area contributed by atoms with Crippen LogP contribution in [0.2, 0.25) is 10.0 Å². The van der Waals surface area contributed by atoms with E-state index in [2.05, 4.69) is 23.2 Å². The summed E-state index contributed by atoms with van der Waals surface area (Å²) < 4.78 is 11.7. The van der Waals surface area contributed by atoms with Crippen molar-refractivity contribution in [3.8, 4) is 11.5 Å². The molecule has 0 radical (unpaired) electrons. The van der Waals surface area contributed by atoms with Gasteiger partial charge in [-0.2, -0.15) is 0 Å². The number of methoxy groups -OCH3 is 1. The van der Waals surface area contributed by atoms with Gasteiger partial charge in [-0.15, -0.1) is 24.8 Å². The maximum Gasteiger partial charge on any atom is 0.166 e. The highest BCUT2D eigenvalue weighted by Crippen LogP contribution is 2.33. The second kappa shape index (κ2) is 13.5. The molecule has 2 aromatic rings. The first-order valence-corrected chi connectivity index (χ1v) is 10.5. The summed E-state index contributed by atoms with van der Waals surface area (Å²) in [7, 11) is 1.66. The van der Waals surface area contributed by atoms with E-state index in [9.17, 15) is 0 Å². The normalized spacial score (nSPS) is 15.9. The molecule has 30 heavy (non-hydrogen) atoms. The van der Waals surface area contributed by atoms with Crippen LogP contribution in [0.15, 0.2) is 36.4 Å². The van der Waals surface area contributed by atoms with Gasteiger partial charge in [-0.25, -0.2) is 0 Å². The van der Waals surface area contributed by atoms with Crippen LogP contribution in [0, 0.1) is 0 Å². The average Bonchev–Trinajstić information content (AvgIpc) is 3.15. The Morgan fingerprint density at radius 2 is 1.93 bits per heavy atom. The molecule has 1 fully saturated rings. The summed E-state index contributed by atoms with van der Waals surface area (Å²) >= 11 is 12.3.